The van der Waals surface area contributed by atoms with E-state index < -0.39 is 5.97 Å². The van der Waals surface area contributed by atoms with Crippen LogP contribution in [0.4, 0.5) is 0 Å². The van der Waals surface area contributed by atoms with Gasteiger partial charge in [-0.1, -0.05) is 36.4 Å². The van der Waals surface area contributed by atoms with E-state index in [0.717, 1.165) is 0 Å². The van der Waals surface area contributed by atoms with Crippen molar-refractivity contribution in [2.45, 2.75) is 0 Å². The van der Waals surface area contributed by atoms with Crippen LogP contribution in [0, 0.1) is 11.3 Å². The highest BCUT2D eigenvalue weighted by atomic mass is 16.4. The molecule has 0 heterocycles. The van der Waals surface area contributed by atoms with Crippen LogP contribution in [0.15, 0.2) is 60.7 Å². The number of hydrogen-bond donors (Lipinski definition) is 1. The van der Waals surface area contributed by atoms with Crippen LogP contribution in [0.3, 0.4) is 0 Å². The van der Waals surface area contributed by atoms with Gasteiger partial charge in [-0.05, 0) is 24.3 Å². The quantitative estimate of drug-likeness (QED) is 0.811. The average Bonchev–Trinajstić information content (AvgIpc) is 2.41. The minimum absolute atomic E-state index is 0.331. The molecule has 2 rings (SSSR count). The summed E-state index contributed by atoms with van der Waals surface area (Å²) in [5, 5.41) is 16.7. The normalized spacial score (nSPS) is 8.41. The van der Waals surface area contributed by atoms with E-state index in [1.807, 2.05) is 24.3 Å². The van der Waals surface area contributed by atoms with Gasteiger partial charge in [0, 0.05) is 0 Å². The molecule has 17 heavy (non-hydrogen) atoms. The molecule has 0 saturated carbocycles. The van der Waals surface area contributed by atoms with E-state index in [-0.39, 0.29) is 0 Å². The second-order valence-electron chi connectivity index (χ2n) is 3.15. The zero-order valence-corrected chi connectivity index (χ0v) is 9.08. The van der Waals surface area contributed by atoms with Gasteiger partial charge in [-0.15, -0.1) is 0 Å². The highest BCUT2D eigenvalue weighted by Crippen LogP contribution is 1.96. The minimum atomic E-state index is -0.879. The fourth-order valence-corrected chi connectivity index (χ4v) is 1.09. The Balaban J connectivity index is 0.000000171. The van der Waals surface area contributed by atoms with Crippen LogP contribution in [0.1, 0.15) is 15.9 Å². The fourth-order valence-electron chi connectivity index (χ4n) is 1.09. The van der Waals surface area contributed by atoms with E-state index in [1.165, 1.54) is 0 Å². The zero-order chi connectivity index (χ0) is 12.5. The van der Waals surface area contributed by atoms with Gasteiger partial charge in [0.15, 0.2) is 0 Å². The first-order chi connectivity index (χ1) is 8.24. The standard InChI is InChI=1S/C7H5N.C7H6O2/c8-6-7-4-2-1-3-5-7;8-7(9)6-4-2-1-3-5-6/h1-5H;1-5H,(H,8,9). The Morgan fingerprint density at radius 2 is 1.41 bits per heavy atom. The number of rotatable bonds is 1. The van der Waals surface area contributed by atoms with Crippen molar-refractivity contribution >= 4 is 5.97 Å². The SMILES string of the molecule is N#Cc1ccccc1.O=C(O)c1ccccc1. The summed E-state index contributed by atoms with van der Waals surface area (Å²) in [6.07, 6.45) is 0. The average molecular weight is 225 g/mol. The summed E-state index contributed by atoms with van der Waals surface area (Å²) >= 11 is 0. The molecule has 0 saturated heterocycles. The number of carboxylic acid groups (broad SMARTS) is 1. The summed E-state index contributed by atoms with van der Waals surface area (Å²) in [6, 6.07) is 19.5. The van der Waals surface area contributed by atoms with Crippen molar-refractivity contribution in [3.05, 3.63) is 71.8 Å². The lowest BCUT2D eigenvalue weighted by Crippen LogP contribution is -1.93. The van der Waals surface area contributed by atoms with Gasteiger partial charge >= 0.3 is 5.97 Å². The molecule has 0 spiro atoms. The van der Waals surface area contributed by atoms with Gasteiger partial charge in [0.05, 0.1) is 17.2 Å². The molecule has 1 N–H and O–H groups in total. The van der Waals surface area contributed by atoms with Gasteiger partial charge in [-0.2, -0.15) is 5.26 Å². The zero-order valence-electron chi connectivity index (χ0n) is 9.08. The third-order valence-corrected chi connectivity index (χ3v) is 1.92. The van der Waals surface area contributed by atoms with Crippen molar-refractivity contribution in [1.82, 2.24) is 0 Å². The van der Waals surface area contributed by atoms with Crippen LogP contribution in [-0.2, 0) is 0 Å². The van der Waals surface area contributed by atoms with E-state index in [4.69, 9.17) is 10.4 Å². The van der Waals surface area contributed by atoms with Gasteiger partial charge < -0.3 is 5.11 Å². The molecular formula is C14H11NO2. The molecule has 84 valence electrons. The molecule has 2 aromatic carbocycles. The Hall–Kier alpha value is -2.60. The molecule has 0 aliphatic rings. The molecule has 3 heteroatoms. The van der Waals surface area contributed by atoms with Crippen molar-refractivity contribution in [2.75, 3.05) is 0 Å². The summed E-state index contributed by atoms with van der Waals surface area (Å²) in [4.78, 5) is 10.2. The Morgan fingerprint density at radius 1 is 0.941 bits per heavy atom. The summed E-state index contributed by atoms with van der Waals surface area (Å²) < 4.78 is 0. The lowest BCUT2D eigenvalue weighted by molar-refractivity contribution is 0.0697. The van der Waals surface area contributed by atoms with Crippen LogP contribution < -0.4 is 0 Å². The second-order valence-corrected chi connectivity index (χ2v) is 3.15. The molecule has 2 aromatic rings. The number of hydrogen-bond acceptors (Lipinski definition) is 2. The molecule has 0 aliphatic heterocycles. The number of carbonyl (C=O) groups is 1. The second kappa shape index (κ2) is 6.81. The first-order valence-electron chi connectivity index (χ1n) is 4.97. The first-order valence-corrected chi connectivity index (χ1v) is 4.97. The highest BCUT2D eigenvalue weighted by Gasteiger charge is 1.96. The van der Waals surface area contributed by atoms with Crippen LogP contribution >= 0.6 is 0 Å². The van der Waals surface area contributed by atoms with Crippen molar-refractivity contribution in [1.29, 1.82) is 5.26 Å². The van der Waals surface area contributed by atoms with Crippen LogP contribution in [-0.4, -0.2) is 11.1 Å². The summed E-state index contributed by atoms with van der Waals surface area (Å²) in [7, 11) is 0. The molecule has 0 aliphatic carbocycles. The van der Waals surface area contributed by atoms with Gasteiger partial charge in [-0.25, -0.2) is 4.79 Å². The Morgan fingerprint density at radius 3 is 1.71 bits per heavy atom. The number of nitrogens with zero attached hydrogens (tertiary/aromatic N) is 1. The number of carboxylic acids is 1. The number of aromatic carboxylic acids is 1. The number of nitriles is 1. The lowest BCUT2D eigenvalue weighted by atomic mass is 10.2. The van der Waals surface area contributed by atoms with Gasteiger partial charge in [0.1, 0.15) is 0 Å². The van der Waals surface area contributed by atoms with E-state index >= 15 is 0 Å². The van der Waals surface area contributed by atoms with Crippen molar-refractivity contribution in [3.8, 4) is 6.07 Å². The third-order valence-electron chi connectivity index (χ3n) is 1.92. The largest absolute Gasteiger partial charge is 0.478 e. The van der Waals surface area contributed by atoms with Gasteiger partial charge in [-0.3, -0.25) is 0 Å². The van der Waals surface area contributed by atoms with Crippen LogP contribution in [0.2, 0.25) is 0 Å². The predicted molar refractivity (Wildman–Crippen MR) is 64.6 cm³/mol. The van der Waals surface area contributed by atoms with Crippen LogP contribution in [0.25, 0.3) is 0 Å². The maximum Gasteiger partial charge on any atom is 0.335 e. The molecule has 0 amide bonds. The van der Waals surface area contributed by atoms with E-state index in [0.29, 0.717) is 11.1 Å². The summed E-state index contributed by atoms with van der Waals surface area (Å²) in [5.41, 5.74) is 1.05. The molecule has 0 aromatic heterocycles. The smallest absolute Gasteiger partial charge is 0.335 e. The fraction of sp³-hybridized carbons (Fsp3) is 0. The van der Waals surface area contributed by atoms with Crippen molar-refractivity contribution in [3.63, 3.8) is 0 Å². The third kappa shape index (κ3) is 4.63. The predicted octanol–water partition coefficient (Wildman–Crippen LogP) is 2.94. The molecule has 0 fully saturated rings. The molecule has 0 unspecified atom stereocenters. The van der Waals surface area contributed by atoms with E-state index in [9.17, 15) is 4.79 Å². The van der Waals surface area contributed by atoms with Gasteiger partial charge in [0.25, 0.3) is 0 Å². The van der Waals surface area contributed by atoms with E-state index in [1.54, 1.807) is 42.5 Å². The molecule has 0 atom stereocenters. The Kier molecular flexibility index (Phi) is 4.99. The Bertz CT molecular complexity index is 501. The highest BCUT2D eigenvalue weighted by molar-refractivity contribution is 5.87. The molecule has 0 radical (unpaired) electrons. The van der Waals surface area contributed by atoms with Crippen molar-refractivity contribution in [2.24, 2.45) is 0 Å². The maximum absolute atomic E-state index is 10.2. The Labute approximate surface area is 99.6 Å². The minimum Gasteiger partial charge on any atom is -0.478 e. The lowest BCUT2D eigenvalue weighted by Gasteiger charge is -1.88. The van der Waals surface area contributed by atoms with Crippen molar-refractivity contribution < 1.29 is 9.90 Å². The maximum atomic E-state index is 10.2. The van der Waals surface area contributed by atoms with E-state index in [2.05, 4.69) is 0 Å². The topological polar surface area (TPSA) is 61.1 Å². The first kappa shape index (κ1) is 12.5. The molecular weight excluding hydrogens is 214 g/mol. The molecule has 3 nitrogen and oxygen atoms in total. The summed E-state index contributed by atoms with van der Waals surface area (Å²) in [6.45, 7) is 0. The van der Waals surface area contributed by atoms with Gasteiger partial charge in [0.2, 0.25) is 0 Å². The molecule has 0 bridgehead atoms. The monoisotopic (exact) mass is 225 g/mol. The van der Waals surface area contributed by atoms with Crippen LogP contribution in [0.5, 0.6) is 0 Å². The number of benzene rings is 2. The summed E-state index contributed by atoms with van der Waals surface area (Å²) in [5.74, 6) is -0.879.